The number of anilines is 1. The number of nitrogens with one attached hydrogen (secondary N) is 2. The first-order valence-corrected chi connectivity index (χ1v) is 11.4. The van der Waals surface area contributed by atoms with Gasteiger partial charge in [0.2, 0.25) is 5.91 Å². The lowest BCUT2D eigenvalue weighted by Crippen LogP contribution is -2.37. The van der Waals surface area contributed by atoms with Crippen molar-refractivity contribution in [3.05, 3.63) is 76.8 Å². The van der Waals surface area contributed by atoms with E-state index < -0.39 is 29.8 Å². The van der Waals surface area contributed by atoms with Crippen LogP contribution < -0.4 is 10.6 Å². The van der Waals surface area contributed by atoms with Gasteiger partial charge in [-0.3, -0.25) is 9.59 Å². The lowest BCUT2D eigenvalue weighted by atomic mass is 9.86. The van der Waals surface area contributed by atoms with Gasteiger partial charge < -0.3 is 25.2 Å². The third kappa shape index (κ3) is 8.49. The van der Waals surface area contributed by atoms with Crippen LogP contribution >= 0.6 is 0 Å². The van der Waals surface area contributed by atoms with E-state index in [9.17, 15) is 19.1 Å². The molecule has 2 amide bonds. The van der Waals surface area contributed by atoms with Gasteiger partial charge in [-0.25, -0.2) is 4.39 Å². The predicted molar refractivity (Wildman–Crippen MR) is 133 cm³/mol. The molecule has 0 fully saturated rings. The van der Waals surface area contributed by atoms with Gasteiger partial charge in [0, 0.05) is 12.8 Å². The highest BCUT2D eigenvalue weighted by Gasteiger charge is 2.25. The Bertz CT molecular complexity index is 1040. The van der Waals surface area contributed by atoms with Crippen LogP contribution in [0, 0.1) is 5.82 Å². The highest BCUT2D eigenvalue weighted by molar-refractivity contribution is 5.98. The molecular weight excluding hydrogens is 451 g/mol. The fraction of sp³-hybridized carbons (Fsp3) is 0.407. The van der Waals surface area contributed by atoms with Crippen molar-refractivity contribution < 1.29 is 28.6 Å². The third-order valence-electron chi connectivity index (χ3n) is 5.26. The molecule has 0 aromatic heterocycles. The van der Waals surface area contributed by atoms with Crippen LogP contribution in [0.25, 0.3) is 0 Å². The van der Waals surface area contributed by atoms with Crippen molar-refractivity contribution in [2.45, 2.75) is 58.3 Å². The summed E-state index contributed by atoms with van der Waals surface area (Å²) in [5.74, 6) is -1.16. The molecule has 8 heteroatoms. The number of hydrogen-bond acceptors (Lipinski definition) is 5. The van der Waals surface area contributed by atoms with E-state index in [4.69, 9.17) is 9.47 Å². The quantitative estimate of drug-likeness (QED) is 0.434. The molecule has 0 bridgehead atoms. The van der Waals surface area contributed by atoms with Crippen LogP contribution in [0.5, 0.6) is 0 Å². The van der Waals surface area contributed by atoms with Gasteiger partial charge in [-0.15, -0.1) is 0 Å². The molecule has 2 aromatic carbocycles. The number of carbonyl (C=O) groups is 2. The second kappa shape index (κ2) is 12.5. The van der Waals surface area contributed by atoms with E-state index in [2.05, 4.69) is 10.6 Å². The molecule has 190 valence electrons. The second-order valence-corrected chi connectivity index (χ2v) is 9.36. The van der Waals surface area contributed by atoms with Gasteiger partial charge in [-0.1, -0.05) is 51.1 Å². The first-order chi connectivity index (χ1) is 16.4. The van der Waals surface area contributed by atoms with E-state index in [0.717, 1.165) is 5.56 Å². The zero-order valence-corrected chi connectivity index (χ0v) is 21.1. The van der Waals surface area contributed by atoms with Crippen molar-refractivity contribution in [1.82, 2.24) is 5.32 Å². The van der Waals surface area contributed by atoms with Crippen LogP contribution in [0.2, 0.25) is 0 Å². The maximum Gasteiger partial charge on any atom is 0.251 e. The normalized spacial score (nSPS) is 13.7. The topological polar surface area (TPSA) is 96.9 Å². The summed E-state index contributed by atoms with van der Waals surface area (Å²) in [5.41, 5.74) is 1.88. The van der Waals surface area contributed by atoms with Gasteiger partial charge in [0.05, 0.1) is 26.2 Å². The number of methoxy groups -OCH3 is 2. The number of benzene rings is 2. The maximum absolute atomic E-state index is 14.7. The Balaban J connectivity index is 2.30. The molecule has 1 unspecified atom stereocenters. The molecule has 0 heterocycles. The fourth-order valence-electron chi connectivity index (χ4n) is 3.53. The Morgan fingerprint density at radius 2 is 1.77 bits per heavy atom. The van der Waals surface area contributed by atoms with Crippen molar-refractivity contribution in [2.75, 3.05) is 19.5 Å². The molecule has 35 heavy (non-hydrogen) atoms. The van der Waals surface area contributed by atoms with Crippen LogP contribution in [0.15, 0.2) is 54.3 Å². The zero-order chi connectivity index (χ0) is 26.2. The third-order valence-corrected chi connectivity index (χ3v) is 5.26. The van der Waals surface area contributed by atoms with E-state index >= 15 is 0 Å². The molecule has 0 aliphatic heterocycles. The number of rotatable bonds is 10. The predicted octanol–water partition coefficient (Wildman–Crippen LogP) is 4.37. The number of halogens is 1. The Labute approximate surface area is 206 Å². The number of ether oxygens (including phenoxy) is 2. The van der Waals surface area contributed by atoms with Gasteiger partial charge in [0.15, 0.2) is 0 Å². The summed E-state index contributed by atoms with van der Waals surface area (Å²) in [6.07, 6.45) is 0.450. The number of aliphatic hydroxyl groups is 1. The molecule has 0 radical (unpaired) electrons. The summed E-state index contributed by atoms with van der Waals surface area (Å²) in [6, 6.07) is 10.6. The molecule has 7 nitrogen and oxygen atoms in total. The molecule has 0 saturated heterocycles. The summed E-state index contributed by atoms with van der Waals surface area (Å²) < 4.78 is 24.9. The molecule has 2 atom stereocenters. The van der Waals surface area contributed by atoms with Crippen LogP contribution in [-0.2, 0) is 31.1 Å². The monoisotopic (exact) mass is 486 g/mol. The standard InChI is InChI=1S/C27H35FN2O5/c1-17(31)13-21(35-6)15-24(32)30-25(19-9-7-18(8-10-19)16-34-5)26(33)29-20-11-12-22(23(28)14-20)27(2,3)4/h7-14,17,25,31H,15-16H2,1-6H3,(H,29,33)(H,30,32)/b21-13-/t17?,25-/m1/s1. The molecule has 0 spiro atoms. The van der Waals surface area contributed by atoms with Crippen LogP contribution in [0.4, 0.5) is 10.1 Å². The lowest BCUT2D eigenvalue weighted by molar-refractivity contribution is -0.126. The Kier molecular flexibility index (Phi) is 9.98. The van der Waals surface area contributed by atoms with Crippen molar-refractivity contribution in [2.24, 2.45) is 0 Å². The van der Waals surface area contributed by atoms with Crippen LogP contribution in [-0.4, -0.2) is 37.2 Å². The molecule has 0 saturated carbocycles. The summed E-state index contributed by atoms with van der Waals surface area (Å²) >= 11 is 0. The Morgan fingerprint density at radius 1 is 1.11 bits per heavy atom. The lowest BCUT2D eigenvalue weighted by Gasteiger charge is -2.22. The van der Waals surface area contributed by atoms with Crippen LogP contribution in [0.1, 0.15) is 56.8 Å². The summed E-state index contributed by atoms with van der Waals surface area (Å²) in [6.45, 7) is 7.66. The smallest absolute Gasteiger partial charge is 0.251 e. The van der Waals surface area contributed by atoms with Gasteiger partial charge in [0.1, 0.15) is 17.6 Å². The van der Waals surface area contributed by atoms with Crippen molar-refractivity contribution in [3.8, 4) is 0 Å². The Hall–Kier alpha value is -3.23. The van der Waals surface area contributed by atoms with E-state index in [1.807, 2.05) is 20.8 Å². The minimum absolute atomic E-state index is 0.165. The fourth-order valence-corrected chi connectivity index (χ4v) is 3.53. The zero-order valence-electron chi connectivity index (χ0n) is 21.1. The number of amides is 2. The largest absolute Gasteiger partial charge is 0.501 e. The molecule has 3 N–H and O–H groups in total. The van der Waals surface area contributed by atoms with E-state index in [0.29, 0.717) is 17.7 Å². The van der Waals surface area contributed by atoms with E-state index in [-0.39, 0.29) is 23.3 Å². The van der Waals surface area contributed by atoms with E-state index in [1.165, 1.54) is 19.3 Å². The number of aliphatic hydroxyl groups excluding tert-OH is 1. The average molecular weight is 487 g/mol. The minimum Gasteiger partial charge on any atom is -0.501 e. The first kappa shape index (κ1) is 28.0. The molecule has 2 rings (SSSR count). The summed E-state index contributed by atoms with van der Waals surface area (Å²) in [4.78, 5) is 26.0. The molecular formula is C27H35FN2O5. The molecule has 2 aromatic rings. The Morgan fingerprint density at radius 3 is 2.29 bits per heavy atom. The average Bonchev–Trinajstić information content (AvgIpc) is 2.76. The van der Waals surface area contributed by atoms with Crippen molar-refractivity contribution in [1.29, 1.82) is 0 Å². The number of hydrogen-bond donors (Lipinski definition) is 3. The highest BCUT2D eigenvalue weighted by atomic mass is 19.1. The maximum atomic E-state index is 14.7. The van der Waals surface area contributed by atoms with Crippen LogP contribution in [0.3, 0.4) is 0 Å². The van der Waals surface area contributed by atoms with Gasteiger partial charge in [0.25, 0.3) is 5.91 Å². The number of carbonyl (C=O) groups excluding carboxylic acids is 2. The van der Waals surface area contributed by atoms with Crippen molar-refractivity contribution >= 4 is 17.5 Å². The minimum atomic E-state index is -1.05. The molecule has 0 aliphatic rings. The molecule has 0 aliphatic carbocycles. The summed E-state index contributed by atoms with van der Waals surface area (Å²) in [5, 5.41) is 15.0. The van der Waals surface area contributed by atoms with Gasteiger partial charge in [-0.05, 0) is 47.2 Å². The second-order valence-electron chi connectivity index (χ2n) is 9.36. The highest BCUT2D eigenvalue weighted by Crippen LogP contribution is 2.27. The summed E-state index contributed by atoms with van der Waals surface area (Å²) in [7, 11) is 2.98. The van der Waals surface area contributed by atoms with Gasteiger partial charge in [-0.2, -0.15) is 0 Å². The SMILES string of the molecule is COCc1ccc([C@@H](NC(=O)C/C(=C/C(C)O)OC)C(=O)Nc2ccc(C(C)(C)C)c(F)c2)cc1. The first-order valence-electron chi connectivity index (χ1n) is 11.4. The van der Waals surface area contributed by atoms with E-state index in [1.54, 1.807) is 50.4 Å². The van der Waals surface area contributed by atoms with Gasteiger partial charge >= 0.3 is 0 Å². The van der Waals surface area contributed by atoms with Crippen molar-refractivity contribution in [3.63, 3.8) is 0 Å².